The predicted octanol–water partition coefficient (Wildman–Crippen LogP) is 5.32. The number of rotatable bonds is 4. The molecule has 1 heterocycles. The molecular weight excluding hydrogens is 446 g/mol. The summed E-state index contributed by atoms with van der Waals surface area (Å²) >= 11 is 6.83. The first-order valence-corrected chi connectivity index (χ1v) is 9.60. The van der Waals surface area contributed by atoms with Gasteiger partial charge in [-0.1, -0.05) is 57.8 Å². The van der Waals surface area contributed by atoms with Crippen molar-refractivity contribution in [2.45, 2.75) is 26.2 Å². The van der Waals surface area contributed by atoms with Crippen LogP contribution in [-0.2, 0) is 0 Å². The van der Waals surface area contributed by atoms with Gasteiger partial charge in [0, 0.05) is 14.9 Å². The molecular formula is C19H17Br2N3O. The molecule has 1 atom stereocenters. The maximum Gasteiger partial charge on any atom is 0.282 e. The molecule has 0 aliphatic heterocycles. The maximum absolute atomic E-state index is 13.0. The monoisotopic (exact) mass is 461 g/mol. The van der Waals surface area contributed by atoms with Crippen molar-refractivity contribution in [3.63, 3.8) is 0 Å². The van der Waals surface area contributed by atoms with Gasteiger partial charge in [-0.2, -0.15) is 9.78 Å². The predicted molar refractivity (Wildman–Crippen MR) is 110 cm³/mol. The van der Waals surface area contributed by atoms with E-state index in [1.807, 2.05) is 36.4 Å². The van der Waals surface area contributed by atoms with Crippen LogP contribution in [0.1, 0.15) is 37.6 Å². The summed E-state index contributed by atoms with van der Waals surface area (Å²) in [5.74, 6) is 0.804. The van der Waals surface area contributed by atoms with E-state index in [1.54, 1.807) is 12.3 Å². The number of fused-ring (bicyclic) bond motifs is 1. The molecule has 2 aromatic carbocycles. The molecule has 0 saturated heterocycles. The minimum atomic E-state index is -0.157. The van der Waals surface area contributed by atoms with Crippen LogP contribution in [0.5, 0.6) is 0 Å². The van der Waals surface area contributed by atoms with E-state index in [0.717, 1.165) is 20.9 Å². The second-order valence-electron chi connectivity index (χ2n) is 5.85. The molecule has 3 rings (SSSR count). The number of aromatic nitrogens is 2. The number of nitrogens with zero attached hydrogens (tertiary/aromatic N) is 3. The van der Waals surface area contributed by atoms with Gasteiger partial charge in [0.25, 0.3) is 5.56 Å². The summed E-state index contributed by atoms with van der Waals surface area (Å²) < 4.78 is 3.27. The Kier molecular flexibility index (Phi) is 5.49. The maximum atomic E-state index is 13.0. The van der Waals surface area contributed by atoms with Crippen molar-refractivity contribution in [3.8, 4) is 0 Å². The third kappa shape index (κ3) is 3.90. The van der Waals surface area contributed by atoms with Gasteiger partial charge in [-0.25, -0.2) is 4.98 Å². The normalized spacial score (nSPS) is 12.8. The summed E-state index contributed by atoms with van der Waals surface area (Å²) in [6.07, 6.45) is 2.56. The SMILES string of the molecule is CC[C@H](C)c1nc2ccc(Br)cc2c(=O)n1N=Cc1ccc(Br)cc1. The lowest BCUT2D eigenvalue weighted by atomic mass is 10.1. The Morgan fingerprint density at radius 3 is 2.52 bits per heavy atom. The Morgan fingerprint density at radius 2 is 1.84 bits per heavy atom. The highest BCUT2D eigenvalue weighted by Crippen LogP contribution is 2.20. The number of hydrogen-bond acceptors (Lipinski definition) is 3. The average molecular weight is 463 g/mol. The third-order valence-electron chi connectivity index (χ3n) is 4.08. The smallest absolute Gasteiger partial charge is 0.267 e. The highest BCUT2D eigenvalue weighted by Gasteiger charge is 2.15. The third-order valence-corrected chi connectivity index (χ3v) is 5.10. The molecule has 4 nitrogen and oxygen atoms in total. The van der Waals surface area contributed by atoms with Crippen LogP contribution in [0.15, 0.2) is 61.3 Å². The molecule has 0 fully saturated rings. The van der Waals surface area contributed by atoms with Gasteiger partial charge in [-0.3, -0.25) is 4.79 Å². The first-order valence-electron chi connectivity index (χ1n) is 8.01. The second-order valence-corrected chi connectivity index (χ2v) is 7.69. The van der Waals surface area contributed by atoms with Gasteiger partial charge in [0.2, 0.25) is 0 Å². The zero-order valence-corrected chi connectivity index (χ0v) is 17.1. The van der Waals surface area contributed by atoms with Gasteiger partial charge in [0.15, 0.2) is 0 Å². The molecule has 1 aromatic heterocycles. The van der Waals surface area contributed by atoms with Crippen molar-refractivity contribution in [2.24, 2.45) is 5.10 Å². The summed E-state index contributed by atoms with van der Waals surface area (Å²) in [7, 11) is 0. The van der Waals surface area contributed by atoms with E-state index in [4.69, 9.17) is 4.98 Å². The molecule has 0 aliphatic carbocycles. The van der Waals surface area contributed by atoms with Crippen molar-refractivity contribution in [1.82, 2.24) is 9.66 Å². The Morgan fingerprint density at radius 1 is 1.16 bits per heavy atom. The first-order chi connectivity index (χ1) is 12.0. The summed E-state index contributed by atoms with van der Waals surface area (Å²) in [5.41, 5.74) is 1.45. The van der Waals surface area contributed by atoms with E-state index < -0.39 is 0 Å². The molecule has 25 heavy (non-hydrogen) atoms. The Hall–Kier alpha value is -1.79. The fourth-order valence-corrected chi connectivity index (χ4v) is 3.08. The summed E-state index contributed by atoms with van der Waals surface area (Å²) in [6, 6.07) is 13.3. The van der Waals surface area contributed by atoms with Gasteiger partial charge < -0.3 is 0 Å². The zero-order valence-electron chi connectivity index (χ0n) is 13.9. The quantitative estimate of drug-likeness (QED) is 0.492. The van der Waals surface area contributed by atoms with E-state index in [0.29, 0.717) is 16.7 Å². The molecule has 3 aromatic rings. The van der Waals surface area contributed by atoms with Crippen LogP contribution in [0, 0.1) is 0 Å². The topological polar surface area (TPSA) is 47.2 Å². The fraction of sp³-hybridized carbons (Fsp3) is 0.211. The number of halogens is 2. The highest BCUT2D eigenvalue weighted by atomic mass is 79.9. The molecule has 0 unspecified atom stereocenters. The Balaban J connectivity index is 2.18. The molecule has 0 spiro atoms. The number of benzene rings is 2. The molecule has 0 N–H and O–H groups in total. The molecule has 0 radical (unpaired) electrons. The Bertz CT molecular complexity index is 994. The van der Waals surface area contributed by atoms with Crippen LogP contribution >= 0.6 is 31.9 Å². The van der Waals surface area contributed by atoms with Crippen LogP contribution < -0.4 is 5.56 Å². The first kappa shape index (κ1) is 18.0. The Labute approximate surface area is 162 Å². The fourth-order valence-electron chi connectivity index (χ4n) is 2.45. The van der Waals surface area contributed by atoms with Crippen molar-refractivity contribution >= 4 is 49.0 Å². The summed E-state index contributed by atoms with van der Waals surface area (Å²) in [4.78, 5) is 17.7. The van der Waals surface area contributed by atoms with Gasteiger partial charge >= 0.3 is 0 Å². The van der Waals surface area contributed by atoms with Crippen molar-refractivity contribution < 1.29 is 0 Å². The van der Waals surface area contributed by atoms with Crippen molar-refractivity contribution in [1.29, 1.82) is 0 Å². The minimum Gasteiger partial charge on any atom is -0.267 e. The van der Waals surface area contributed by atoms with Crippen LogP contribution in [0.4, 0.5) is 0 Å². The molecule has 0 amide bonds. The van der Waals surface area contributed by atoms with E-state index >= 15 is 0 Å². The minimum absolute atomic E-state index is 0.128. The van der Waals surface area contributed by atoms with Crippen LogP contribution in [0.3, 0.4) is 0 Å². The van der Waals surface area contributed by atoms with Crippen LogP contribution in [0.2, 0.25) is 0 Å². The molecule has 6 heteroatoms. The van der Waals surface area contributed by atoms with E-state index in [1.165, 1.54) is 4.68 Å². The largest absolute Gasteiger partial charge is 0.282 e. The van der Waals surface area contributed by atoms with Gasteiger partial charge in [-0.15, -0.1) is 0 Å². The molecule has 128 valence electrons. The van der Waals surface area contributed by atoms with Crippen molar-refractivity contribution in [3.05, 3.63) is 73.2 Å². The van der Waals surface area contributed by atoms with Crippen molar-refractivity contribution in [2.75, 3.05) is 0 Å². The lowest BCUT2D eigenvalue weighted by molar-refractivity contribution is 0.613. The summed E-state index contributed by atoms with van der Waals surface area (Å²) in [5, 5.41) is 4.99. The van der Waals surface area contributed by atoms with E-state index in [-0.39, 0.29) is 11.5 Å². The standard InChI is InChI=1S/C19H17Br2N3O/c1-3-12(2)18-23-17-9-8-15(21)10-16(17)19(25)24(18)22-11-13-4-6-14(20)7-5-13/h4-12H,3H2,1-2H3/t12-/m0/s1. The van der Waals surface area contributed by atoms with Crippen LogP contribution in [0.25, 0.3) is 10.9 Å². The summed E-state index contributed by atoms with van der Waals surface area (Å²) in [6.45, 7) is 4.13. The van der Waals surface area contributed by atoms with E-state index in [9.17, 15) is 4.79 Å². The van der Waals surface area contributed by atoms with E-state index in [2.05, 4.69) is 50.8 Å². The average Bonchev–Trinajstić information content (AvgIpc) is 2.62. The molecule has 0 aliphatic rings. The van der Waals surface area contributed by atoms with Crippen LogP contribution in [-0.4, -0.2) is 15.9 Å². The van der Waals surface area contributed by atoms with Gasteiger partial charge in [-0.05, 0) is 42.3 Å². The lowest BCUT2D eigenvalue weighted by Crippen LogP contribution is -2.23. The number of hydrogen-bond donors (Lipinski definition) is 0. The van der Waals surface area contributed by atoms with Gasteiger partial charge in [0.05, 0.1) is 17.1 Å². The highest BCUT2D eigenvalue weighted by molar-refractivity contribution is 9.10. The van der Waals surface area contributed by atoms with Gasteiger partial charge in [0.1, 0.15) is 5.82 Å². The molecule has 0 bridgehead atoms. The molecule has 0 saturated carbocycles. The second kappa shape index (κ2) is 7.62. The lowest BCUT2D eigenvalue weighted by Gasteiger charge is -2.13. The zero-order chi connectivity index (χ0) is 18.0.